The summed E-state index contributed by atoms with van der Waals surface area (Å²) in [7, 11) is -3.29. The Bertz CT molecular complexity index is 375. The average molecular weight is 253 g/mol. The number of nitrogens with one attached hydrogen (secondary N) is 1. The molecule has 0 spiro atoms. The third-order valence-corrected chi connectivity index (χ3v) is 2.30. The molecule has 0 aromatic carbocycles. The van der Waals surface area contributed by atoms with Crippen LogP contribution >= 0.6 is 0 Å². The van der Waals surface area contributed by atoms with Crippen LogP contribution in [0.2, 0.25) is 0 Å². The molecular formula is C9H16FNO4S. The molecule has 0 saturated carbocycles. The zero-order valence-corrected chi connectivity index (χ0v) is 10.4. The van der Waals surface area contributed by atoms with Crippen molar-refractivity contribution in [3.63, 3.8) is 0 Å². The van der Waals surface area contributed by atoms with Gasteiger partial charge < -0.3 is 4.74 Å². The Morgan fingerprint density at radius 1 is 1.50 bits per heavy atom. The lowest BCUT2D eigenvalue weighted by molar-refractivity contribution is -0.143. The van der Waals surface area contributed by atoms with Crippen LogP contribution in [-0.2, 0) is 19.6 Å². The Hall–Kier alpha value is -0.950. The molecule has 0 atom stereocenters. The first kappa shape index (κ1) is 15.0. The number of hydrogen-bond acceptors (Lipinski definition) is 4. The number of esters is 1. The highest BCUT2D eigenvalue weighted by molar-refractivity contribution is 7.88. The van der Waals surface area contributed by atoms with Crippen LogP contribution in [0.5, 0.6) is 0 Å². The van der Waals surface area contributed by atoms with E-state index in [2.05, 4.69) is 16.0 Å². The van der Waals surface area contributed by atoms with E-state index in [1.807, 2.05) is 0 Å². The third-order valence-electron chi connectivity index (χ3n) is 1.63. The summed E-state index contributed by atoms with van der Waals surface area (Å²) in [5.41, 5.74) is -0.617. The van der Waals surface area contributed by atoms with Crippen LogP contribution in [0.3, 0.4) is 0 Å². The molecule has 7 heteroatoms. The Morgan fingerprint density at radius 2 is 2.00 bits per heavy atom. The molecule has 0 rings (SSSR count). The van der Waals surface area contributed by atoms with Crippen LogP contribution in [0.4, 0.5) is 4.39 Å². The highest BCUT2D eigenvalue weighted by atomic mass is 32.2. The number of halogens is 1. The van der Waals surface area contributed by atoms with Gasteiger partial charge in [-0.3, -0.25) is 0 Å². The lowest BCUT2D eigenvalue weighted by Crippen LogP contribution is -2.36. The average Bonchev–Trinajstić information content (AvgIpc) is 2.10. The van der Waals surface area contributed by atoms with Crippen molar-refractivity contribution in [1.29, 1.82) is 0 Å². The lowest BCUT2D eigenvalue weighted by atomic mass is 9.95. The van der Waals surface area contributed by atoms with Gasteiger partial charge in [0.2, 0.25) is 15.9 Å². The Morgan fingerprint density at radius 3 is 2.38 bits per heavy atom. The minimum atomic E-state index is -3.29. The zero-order chi connectivity index (χ0) is 13.0. The van der Waals surface area contributed by atoms with Crippen molar-refractivity contribution in [1.82, 2.24) is 4.72 Å². The summed E-state index contributed by atoms with van der Waals surface area (Å²) >= 11 is 0. The first-order chi connectivity index (χ1) is 7.03. The van der Waals surface area contributed by atoms with Crippen LogP contribution in [0, 0.1) is 5.41 Å². The van der Waals surface area contributed by atoms with Crippen molar-refractivity contribution >= 4 is 16.0 Å². The highest BCUT2D eigenvalue weighted by Gasteiger charge is 2.22. The fourth-order valence-electron chi connectivity index (χ4n) is 0.717. The summed E-state index contributed by atoms with van der Waals surface area (Å²) in [6.07, 6.45) is 1.03. The van der Waals surface area contributed by atoms with Gasteiger partial charge in [-0.1, -0.05) is 20.4 Å². The van der Waals surface area contributed by atoms with Crippen molar-refractivity contribution in [3.8, 4) is 0 Å². The number of rotatable bonds is 6. The Kier molecular flexibility index (Phi) is 5.08. The molecule has 0 aromatic rings. The van der Waals surface area contributed by atoms with Crippen molar-refractivity contribution in [2.45, 2.75) is 13.8 Å². The quantitative estimate of drug-likeness (QED) is 0.555. The van der Waals surface area contributed by atoms with Crippen molar-refractivity contribution in [2.75, 3.05) is 19.4 Å². The Balaban J connectivity index is 4.15. The second kappa shape index (κ2) is 5.40. The zero-order valence-electron chi connectivity index (χ0n) is 9.54. The molecule has 0 aliphatic heterocycles. The van der Waals surface area contributed by atoms with Gasteiger partial charge in [0.1, 0.15) is 0 Å². The SMILES string of the molecule is C=C(F)C(=O)OCC(C)(C)CNS(C)(=O)=O. The Labute approximate surface area is 94.7 Å². The number of hydrogen-bond donors (Lipinski definition) is 1. The molecule has 1 N–H and O–H groups in total. The van der Waals surface area contributed by atoms with Gasteiger partial charge in [0.15, 0.2) is 0 Å². The molecule has 0 amide bonds. The molecule has 0 aliphatic carbocycles. The van der Waals surface area contributed by atoms with E-state index in [0.29, 0.717) is 0 Å². The van der Waals surface area contributed by atoms with Gasteiger partial charge >= 0.3 is 5.97 Å². The summed E-state index contributed by atoms with van der Waals surface area (Å²) in [6.45, 7) is 6.14. The molecule has 0 bridgehead atoms. The van der Waals surface area contributed by atoms with Crippen LogP contribution < -0.4 is 4.72 Å². The summed E-state index contributed by atoms with van der Waals surface area (Å²) in [5, 5.41) is 0. The van der Waals surface area contributed by atoms with Crippen LogP contribution in [0.25, 0.3) is 0 Å². The molecule has 0 radical (unpaired) electrons. The van der Waals surface area contributed by atoms with Gasteiger partial charge in [0.25, 0.3) is 0 Å². The van der Waals surface area contributed by atoms with Gasteiger partial charge in [0.05, 0.1) is 12.9 Å². The third kappa shape index (κ3) is 7.36. The summed E-state index contributed by atoms with van der Waals surface area (Å²) in [4.78, 5) is 10.8. The minimum Gasteiger partial charge on any atom is -0.460 e. The maximum atomic E-state index is 12.3. The minimum absolute atomic E-state index is 0.0951. The summed E-state index contributed by atoms with van der Waals surface area (Å²) < 4.78 is 40.8. The van der Waals surface area contributed by atoms with E-state index in [4.69, 9.17) is 0 Å². The molecule has 0 aliphatic rings. The lowest BCUT2D eigenvalue weighted by Gasteiger charge is -2.23. The number of carbonyl (C=O) groups excluding carboxylic acids is 1. The molecule has 0 unspecified atom stereocenters. The van der Waals surface area contributed by atoms with Crippen LogP contribution in [0.1, 0.15) is 13.8 Å². The molecule has 0 fully saturated rings. The summed E-state index contributed by atoms with van der Waals surface area (Å²) in [5.74, 6) is -2.31. The van der Waals surface area contributed by atoms with Gasteiger partial charge in [-0.25, -0.2) is 17.9 Å². The monoisotopic (exact) mass is 253 g/mol. The van der Waals surface area contributed by atoms with E-state index < -0.39 is 27.2 Å². The predicted molar refractivity (Wildman–Crippen MR) is 57.8 cm³/mol. The first-order valence-corrected chi connectivity index (χ1v) is 6.39. The van der Waals surface area contributed by atoms with Crippen molar-refractivity contribution in [3.05, 3.63) is 12.4 Å². The molecule has 94 valence electrons. The van der Waals surface area contributed by atoms with Gasteiger partial charge in [-0.15, -0.1) is 0 Å². The standard InChI is InChI=1S/C9H16FNO4S/c1-7(10)8(12)15-6-9(2,3)5-11-16(4,13)14/h11H,1,5-6H2,2-4H3. The van der Waals surface area contributed by atoms with Gasteiger partial charge in [0, 0.05) is 12.0 Å². The van der Waals surface area contributed by atoms with E-state index in [-0.39, 0.29) is 13.2 Å². The van der Waals surface area contributed by atoms with E-state index in [1.165, 1.54) is 0 Å². The molecule has 0 saturated heterocycles. The number of ether oxygens (including phenoxy) is 1. The second-order valence-electron chi connectivity index (χ2n) is 4.24. The van der Waals surface area contributed by atoms with E-state index in [0.717, 1.165) is 6.26 Å². The maximum absolute atomic E-state index is 12.3. The van der Waals surface area contributed by atoms with Crippen LogP contribution in [0.15, 0.2) is 12.4 Å². The van der Waals surface area contributed by atoms with Crippen molar-refractivity contribution in [2.24, 2.45) is 5.41 Å². The van der Waals surface area contributed by atoms with E-state index in [1.54, 1.807) is 13.8 Å². The molecule has 0 aromatic heterocycles. The maximum Gasteiger partial charge on any atom is 0.366 e. The van der Waals surface area contributed by atoms with E-state index >= 15 is 0 Å². The normalized spacial score (nSPS) is 12.2. The van der Waals surface area contributed by atoms with Gasteiger partial charge in [-0.05, 0) is 0 Å². The van der Waals surface area contributed by atoms with E-state index in [9.17, 15) is 17.6 Å². The smallest absolute Gasteiger partial charge is 0.366 e. The van der Waals surface area contributed by atoms with Crippen molar-refractivity contribution < 1.29 is 22.3 Å². The second-order valence-corrected chi connectivity index (χ2v) is 6.07. The number of sulfonamides is 1. The number of carbonyl (C=O) groups is 1. The largest absolute Gasteiger partial charge is 0.460 e. The van der Waals surface area contributed by atoms with Crippen LogP contribution in [-0.4, -0.2) is 33.8 Å². The fourth-order valence-corrected chi connectivity index (χ4v) is 1.37. The molecule has 0 heterocycles. The fraction of sp³-hybridized carbons (Fsp3) is 0.667. The predicted octanol–water partition coefficient (Wildman–Crippen LogP) is 0.588. The first-order valence-electron chi connectivity index (χ1n) is 4.50. The van der Waals surface area contributed by atoms with Gasteiger partial charge in [-0.2, -0.15) is 4.39 Å². The molecule has 5 nitrogen and oxygen atoms in total. The molecule has 16 heavy (non-hydrogen) atoms. The molecular weight excluding hydrogens is 237 g/mol. The summed E-state index contributed by atoms with van der Waals surface area (Å²) in [6, 6.07) is 0. The topological polar surface area (TPSA) is 72.5 Å². The highest BCUT2D eigenvalue weighted by Crippen LogP contribution is 2.15.